The van der Waals surface area contributed by atoms with E-state index in [0.717, 1.165) is 65.2 Å². The van der Waals surface area contributed by atoms with Crippen LogP contribution >= 0.6 is 24.0 Å². The lowest BCUT2D eigenvalue weighted by molar-refractivity contribution is 0.434. The molecule has 1 aliphatic rings. The maximum absolute atomic E-state index is 6.09. The molecule has 10 heteroatoms. The summed E-state index contributed by atoms with van der Waals surface area (Å²) in [5, 5.41) is 9.83. The van der Waals surface area contributed by atoms with E-state index in [1.54, 1.807) is 0 Å². The highest BCUT2D eigenvalue weighted by molar-refractivity contribution is 6.30. The lowest BCUT2D eigenvalue weighted by atomic mass is 10.00. The van der Waals surface area contributed by atoms with Gasteiger partial charge >= 0.3 is 0 Å². The number of fused-ring (bicyclic) bond motifs is 1. The van der Waals surface area contributed by atoms with Crippen LogP contribution in [0.3, 0.4) is 0 Å². The maximum atomic E-state index is 6.09. The summed E-state index contributed by atoms with van der Waals surface area (Å²) in [6, 6.07) is 22.5. The van der Waals surface area contributed by atoms with Crippen LogP contribution in [0.4, 0.5) is 23.5 Å². The van der Waals surface area contributed by atoms with Gasteiger partial charge in [0.05, 0.1) is 6.21 Å². The molecule has 0 radical (unpaired) electrons. The monoisotopic (exact) mass is 614 g/mol. The maximum Gasteiger partial charge on any atom is 0.250 e. The van der Waals surface area contributed by atoms with Gasteiger partial charge < -0.3 is 14.8 Å². The minimum atomic E-state index is 0. The lowest BCUT2D eigenvalue weighted by Gasteiger charge is -2.30. The van der Waals surface area contributed by atoms with E-state index in [1.807, 2.05) is 36.5 Å². The first-order valence-electron chi connectivity index (χ1n) is 14.4. The molecule has 6 rings (SSSR count). The molecule has 3 heterocycles. The highest BCUT2D eigenvalue weighted by Crippen LogP contribution is 2.26. The van der Waals surface area contributed by atoms with Crippen molar-refractivity contribution in [1.82, 2.24) is 19.5 Å². The average Bonchev–Trinajstić information content (AvgIpc) is 3.34. The van der Waals surface area contributed by atoms with Gasteiger partial charge in [0, 0.05) is 53.0 Å². The second-order valence-corrected chi connectivity index (χ2v) is 11.5. The topological polar surface area (TPSA) is 83.3 Å². The van der Waals surface area contributed by atoms with Crippen molar-refractivity contribution in [3.05, 3.63) is 100 Å². The van der Waals surface area contributed by atoms with Gasteiger partial charge in [0.2, 0.25) is 17.8 Å². The molecule has 0 aliphatic carbocycles. The summed E-state index contributed by atoms with van der Waals surface area (Å²) in [6.45, 7) is 9.07. The van der Waals surface area contributed by atoms with Crippen LogP contribution in [0.15, 0.2) is 78.0 Å². The molecule has 0 atom stereocenters. The minimum absolute atomic E-state index is 0. The van der Waals surface area contributed by atoms with E-state index >= 15 is 0 Å². The number of anilines is 4. The van der Waals surface area contributed by atoms with Gasteiger partial charge in [0.15, 0.2) is 0 Å². The Morgan fingerprint density at radius 2 is 1.67 bits per heavy atom. The Labute approximate surface area is 263 Å². The Morgan fingerprint density at radius 1 is 0.930 bits per heavy atom. The van der Waals surface area contributed by atoms with Crippen LogP contribution in [-0.4, -0.2) is 38.8 Å². The van der Waals surface area contributed by atoms with Crippen LogP contribution in [0.2, 0.25) is 5.02 Å². The number of rotatable bonds is 8. The molecule has 3 aromatic carbocycles. The predicted octanol–water partition coefficient (Wildman–Crippen LogP) is 7.99. The Balaban J connectivity index is 0.00000368. The fourth-order valence-electron chi connectivity index (χ4n) is 5.28. The lowest BCUT2D eigenvalue weighted by Crippen LogP contribution is -2.34. The molecule has 222 valence electrons. The SMILES string of the molecule is Cc1cccc(Nc2nc(NN=Cc3cn(Cc4ccc(Cl)cc4)c4ccccc34)nc(N3CCC(C)CC3)n2)c1C.Cl. The first-order valence-corrected chi connectivity index (χ1v) is 14.8. The predicted molar refractivity (Wildman–Crippen MR) is 181 cm³/mol. The van der Waals surface area contributed by atoms with Crippen molar-refractivity contribution < 1.29 is 0 Å². The third-order valence-corrected chi connectivity index (χ3v) is 8.25. The van der Waals surface area contributed by atoms with Crippen LogP contribution in [0.1, 0.15) is 42.0 Å². The standard InChI is InChI=1S/C33H35ClN8.ClH/c1-22-15-17-41(18-16-22)33-38-31(36-29-9-6-7-23(2)24(29)3)37-32(39-33)40-35-19-26-21-42(30-10-5-4-8-28(26)30)20-25-11-13-27(34)14-12-25;/h4-14,19,21-22H,15-18,20H2,1-3H3,(H2,36,37,38,39,40);1H. The van der Waals surface area contributed by atoms with Crippen molar-refractivity contribution in [2.24, 2.45) is 11.0 Å². The number of nitrogens with zero attached hydrogens (tertiary/aromatic N) is 6. The van der Waals surface area contributed by atoms with Crippen LogP contribution in [0, 0.1) is 19.8 Å². The van der Waals surface area contributed by atoms with Gasteiger partial charge in [0.1, 0.15) is 0 Å². The van der Waals surface area contributed by atoms with Gasteiger partial charge in [-0.2, -0.15) is 20.1 Å². The van der Waals surface area contributed by atoms with Gasteiger partial charge in [-0.3, -0.25) is 0 Å². The summed E-state index contributed by atoms with van der Waals surface area (Å²) in [6.07, 6.45) is 6.18. The Hall–Kier alpha value is -4.14. The van der Waals surface area contributed by atoms with E-state index in [9.17, 15) is 0 Å². The summed E-state index contributed by atoms with van der Waals surface area (Å²) in [7, 11) is 0. The van der Waals surface area contributed by atoms with Crippen molar-refractivity contribution in [3.63, 3.8) is 0 Å². The number of piperidine rings is 1. The van der Waals surface area contributed by atoms with Crippen molar-refractivity contribution in [3.8, 4) is 0 Å². The molecule has 2 aromatic heterocycles. The number of hydrogen-bond acceptors (Lipinski definition) is 7. The molecule has 2 N–H and O–H groups in total. The van der Waals surface area contributed by atoms with Crippen molar-refractivity contribution >= 4 is 64.7 Å². The molecular formula is C33H36Cl2N8. The minimum Gasteiger partial charge on any atom is -0.342 e. The molecule has 5 aromatic rings. The number of aryl methyl sites for hydroxylation is 1. The number of para-hydroxylation sites is 1. The zero-order valence-electron chi connectivity index (χ0n) is 24.6. The Kier molecular flexibility index (Phi) is 9.48. The third-order valence-electron chi connectivity index (χ3n) is 7.99. The highest BCUT2D eigenvalue weighted by atomic mass is 35.5. The van der Waals surface area contributed by atoms with Crippen LogP contribution < -0.4 is 15.6 Å². The van der Waals surface area contributed by atoms with Crippen LogP contribution in [-0.2, 0) is 6.54 Å². The van der Waals surface area contributed by atoms with Crippen LogP contribution in [0.5, 0.6) is 0 Å². The Bertz CT molecular complexity index is 1720. The number of aromatic nitrogens is 4. The zero-order chi connectivity index (χ0) is 29.1. The smallest absolute Gasteiger partial charge is 0.250 e. The van der Waals surface area contributed by atoms with E-state index in [0.29, 0.717) is 23.8 Å². The number of nitrogens with one attached hydrogen (secondary N) is 2. The van der Waals surface area contributed by atoms with Crippen LogP contribution in [0.25, 0.3) is 10.9 Å². The summed E-state index contributed by atoms with van der Waals surface area (Å²) < 4.78 is 2.23. The molecule has 1 aliphatic heterocycles. The van der Waals surface area contributed by atoms with Crippen molar-refractivity contribution in [1.29, 1.82) is 0 Å². The van der Waals surface area contributed by atoms with Gasteiger partial charge in [0.25, 0.3) is 0 Å². The number of hydrogen-bond donors (Lipinski definition) is 2. The summed E-state index contributed by atoms with van der Waals surface area (Å²) in [5.41, 5.74) is 9.73. The van der Waals surface area contributed by atoms with E-state index in [1.165, 1.54) is 11.1 Å². The molecule has 0 spiro atoms. The molecule has 1 saturated heterocycles. The van der Waals surface area contributed by atoms with Gasteiger partial charge in [-0.1, -0.05) is 61.0 Å². The normalized spacial score (nSPS) is 13.8. The molecule has 43 heavy (non-hydrogen) atoms. The molecule has 1 fully saturated rings. The second-order valence-electron chi connectivity index (χ2n) is 11.1. The summed E-state index contributed by atoms with van der Waals surface area (Å²) in [4.78, 5) is 16.4. The second kappa shape index (κ2) is 13.4. The fourth-order valence-corrected chi connectivity index (χ4v) is 5.41. The van der Waals surface area contributed by atoms with Gasteiger partial charge in [-0.05, 0) is 73.6 Å². The highest BCUT2D eigenvalue weighted by Gasteiger charge is 2.20. The first kappa shape index (κ1) is 30.3. The fraction of sp³-hybridized carbons (Fsp3) is 0.273. The zero-order valence-corrected chi connectivity index (χ0v) is 26.2. The number of hydrazone groups is 1. The van der Waals surface area contributed by atoms with E-state index in [2.05, 4.69) is 93.7 Å². The molecule has 0 amide bonds. The average molecular weight is 616 g/mol. The summed E-state index contributed by atoms with van der Waals surface area (Å²) >= 11 is 6.09. The molecule has 0 bridgehead atoms. The molecular weight excluding hydrogens is 579 g/mol. The van der Waals surface area contributed by atoms with Crippen molar-refractivity contribution in [2.75, 3.05) is 28.7 Å². The third kappa shape index (κ3) is 7.09. The van der Waals surface area contributed by atoms with E-state index in [-0.39, 0.29) is 12.4 Å². The number of benzene rings is 3. The Morgan fingerprint density at radius 3 is 2.47 bits per heavy atom. The molecule has 0 saturated carbocycles. The largest absolute Gasteiger partial charge is 0.342 e. The van der Waals surface area contributed by atoms with Gasteiger partial charge in [-0.15, -0.1) is 12.4 Å². The van der Waals surface area contributed by atoms with Gasteiger partial charge in [-0.25, -0.2) is 5.43 Å². The molecule has 8 nitrogen and oxygen atoms in total. The summed E-state index contributed by atoms with van der Waals surface area (Å²) in [5.74, 6) is 2.25. The van der Waals surface area contributed by atoms with Crippen molar-refractivity contribution in [2.45, 2.75) is 40.2 Å². The van der Waals surface area contributed by atoms with E-state index < -0.39 is 0 Å². The molecule has 0 unspecified atom stereocenters. The number of halogens is 2. The van der Waals surface area contributed by atoms with E-state index in [4.69, 9.17) is 21.6 Å². The quantitative estimate of drug-likeness (QED) is 0.136. The first-order chi connectivity index (χ1) is 20.4.